The molecule has 0 bridgehead atoms. The molecule has 12 heteroatoms. The van der Waals surface area contributed by atoms with Crippen LogP contribution in [0, 0.1) is 11.3 Å². The number of hydrogen-bond acceptors (Lipinski definition) is 7. The van der Waals surface area contributed by atoms with Crippen molar-refractivity contribution in [2.75, 3.05) is 32.9 Å². The van der Waals surface area contributed by atoms with Crippen LogP contribution in [-0.2, 0) is 15.7 Å². The van der Waals surface area contributed by atoms with Crippen molar-refractivity contribution >= 4 is 11.5 Å². The zero-order chi connectivity index (χ0) is 23.8. The molecule has 0 saturated heterocycles. The molecular weight excluding hydrogens is 443 g/mol. The van der Waals surface area contributed by atoms with Gasteiger partial charge in [-0.3, -0.25) is 14.6 Å². The second-order valence-electron chi connectivity index (χ2n) is 7.01. The van der Waals surface area contributed by atoms with Gasteiger partial charge in [-0.25, -0.2) is 5.10 Å². The summed E-state index contributed by atoms with van der Waals surface area (Å²) in [7, 11) is 0. The Morgan fingerprint density at radius 1 is 1.24 bits per heavy atom. The molecule has 0 aliphatic carbocycles. The van der Waals surface area contributed by atoms with Gasteiger partial charge in [0.15, 0.2) is 11.3 Å². The number of nitrogens with one attached hydrogen (secondary N) is 1. The third-order valence-electron chi connectivity index (χ3n) is 4.83. The summed E-state index contributed by atoms with van der Waals surface area (Å²) in [6.45, 7) is 0.716. The number of hydrogen-bond donors (Lipinski definition) is 1. The number of aromatic nitrogens is 3. The molecule has 1 amide bonds. The van der Waals surface area contributed by atoms with Crippen LogP contribution in [0.1, 0.15) is 29.7 Å². The van der Waals surface area contributed by atoms with Crippen LogP contribution in [0.3, 0.4) is 0 Å². The molecule has 0 radical (unpaired) electrons. The number of pyridine rings is 1. The van der Waals surface area contributed by atoms with Crippen LogP contribution in [0.15, 0.2) is 35.4 Å². The topological polar surface area (TPSA) is 121 Å². The van der Waals surface area contributed by atoms with Crippen LogP contribution in [0.25, 0.3) is 5.57 Å². The molecule has 0 unspecified atom stereocenters. The summed E-state index contributed by atoms with van der Waals surface area (Å²) in [6, 6.07) is 5.48. The highest BCUT2D eigenvalue weighted by Crippen LogP contribution is 2.32. The highest BCUT2D eigenvalue weighted by Gasteiger charge is 2.38. The number of halogens is 3. The molecule has 3 rings (SSSR count). The Bertz CT molecular complexity index is 1110. The maximum atomic E-state index is 12.9. The van der Waals surface area contributed by atoms with Crippen LogP contribution in [-0.4, -0.2) is 58.9 Å². The predicted octanol–water partition coefficient (Wildman–Crippen LogP) is 2.16. The summed E-state index contributed by atoms with van der Waals surface area (Å²) >= 11 is 0. The summed E-state index contributed by atoms with van der Waals surface area (Å²) in [6.07, 6.45) is 0.0600. The molecule has 33 heavy (non-hydrogen) atoms. The number of rotatable bonds is 8. The quantitative estimate of drug-likeness (QED) is 0.596. The standard InChI is InChI=1S/C21H20F3N5O4/c22-21(23,24)19-17(13-27-28-20(19)31)33-10-9-32-8-5-18(30)29-6-3-15(4-7-29)16-2-1-14(11-25)12-26-16/h1-3,12-13H,4-10H2,(H,28,31). The first-order chi connectivity index (χ1) is 15.8. The van der Waals surface area contributed by atoms with Gasteiger partial charge in [0, 0.05) is 19.3 Å². The van der Waals surface area contributed by atoms with Crippen LogP contribution < -0.4 is 10.3 Å². The number of ether oxygens (including phenoxy) is 2. The van der Waals surface area contributed by atoms with Gasteiger partial charge in [-0.2, -0.15) is 23.5 Å². The van der Waals surface area contributed by atoms with Crippen molar-refractivity contribution in [2.45, 2.75) is 19.0 Å². The van der Waals surface area contributed by atoms with Gasteiger partial charge in [0.25, 0.3) is 5.56 Å². The van der Waals surface area contributed by atoms with Gasteiger partial charge in [0.1, 0.15) is 12.7 Å². The first-order valence-electron chi connectivity index (χ1n) is 9.98. The van der Waals surface area contributed by atoms with Crippen molar-refractivity contribution in [2.24, 2.45) is 0 Å². The minimum absolute atomic E-state index is 0.0637. The minimum atomic E-state index is -4.88. The average molecular weight is 463 g/mol. The maximum Gasteiger partial charge on any atom is 0.425 e. The zero-order valence-corrected chi connectivity index (χ0v) is 17.4. The molecule has 1 aliphatic heterocycles. The maximum absolute atomic E-state index is 12.9. The van der Waals surface area contributed by atoms with Gasteiger partial charge >= 0.3 is 6.18 Å². The molecule has 1 aliphatic rings. The fourth-order valence-corrected chi connectivity index (χ4v) is 3.17. The Labute approximate surface area is 186 Å². The average Bonchev–Trinajstić information content (AvgIpc) is 2.80. The number of nitriles is 1. The lowest BCUT2D eigenvalue weighted by Gasteiger charge is -2.26. The fourth-order valence-electron chi connectivity index (χ4n) is 3.17. The van der Waals surface area contributed by atoms with Gasteiger partial charge in [-0.1, -0.05) is 6.08 Å². The number of alkyl halides is 3. The molecule has 3 heterocycles. The van der Waals surface area contributed by atoms with Crippen molar-refractivity contribution in [3.63, 3.8) is 0 Å². The largest absolute Gasteiger partial charge is 0.489 e. The Morgan fingerprint density at radius 3 is 2.70 bits per heavy atom. The van der Waals surface area contributed by atoms with E-state index in [1.54, 1.807) is 22.1 Å². The van der Waals surface area contributed by atoms with Gasteiger partial charge in [-0.05, 0) is 24.1 Å². The van der Waals surface area contributed by atoms with Crippen molar-refractivity contribution < 1.29 is 27.4 Å². The second-order valence-corrected chi connectivity index (χ2v) is 7.01. The van der Waals surface area contributed by atoms with E-state index in [0.717, 1.165) is 17.5 Å². The van der Waals surface area contributed by atoms with E-state index in [0.29, 0.717) is 25.1 Å². The van der Waals surface area contributed by atoms with Gasteiger partial charge < -0.3 is 14.4 Å². The zero-order valence-electron chi connectivity index (χ0n) is 17.4. The Kier molecular flexibility index (Phi) is 7.78. The third kappa shape index (κ3) is 6.39. The van der Waals surface area contributed by atoms with E-state index in [9.17, 15) is 22.8 Å². The monoisotopic (exact) mass is 463 g/mol. The SMILES string of the molecule is N#Cc1ccc(C2=CCN(C(=O)CCOCCOc3cn[nH]c(=O)c3C(F)(F)F)CC2)nc1. The first-order valence-corrected chi connectivity index (χ1v) is 9.98. The minimum Gasteiger partial charge on any atom is -0.489 e. The van der Waals surface area contributed by atoms with Crippen LogP contribution in [0.4, 0.5) is 13.2 Å². The number of carbonyl (C=O) groups is 1. The van der Waals surface area contributed by atoms with Gasteiger partial charge in [-0.15, -0.1) is 0 Å². The number of amides is 1. The van der Waals surface area contributed by atoms with E-state index >= 15 is 0 Å². The molecule has 9 nitrogen and oxygen atoms in total. The van der Waals surface area contributed by atoms with E-state index in [-0.39, 0.29) is 32.1 Å². The summed E-state index contributed by atoms with van der Waals surface area (Å²) < 4.78 is 49.1. The summed E-state index contributed by atoms with van der Waals surface area (Å²) in [5.74, 6) is -0.796. The lowest BCUT2D eigenvalue weighted by atomic mass is 10.0. The normalized spacial score (nSPS) is 13.9. The second kappa shape index (κ2) is 10.7. The Hall–Kier alpha value is -3.72. The van der Waals surface area contributed by atoms with Crippen molar-refractivity contribution in [1.82, 2.24) is 20.1 Å². The van der Waals surface area contributed by atoms with Crippen LogP contribution in [0.5, 0.6) is 5.75 Å². The summed E-state index contributed by atoms with van der Waals surface area (Å²) in [5, 5.41) is 13.9. The molecule has 0 saturated carbocycles. The molecule has 0 spiro atoms. The van der Waals surface area contributed by atoms with Crippen molar-refractivity contribution in [1.29, 1.82) is 5.26 Å². The number of carbonyl (C=O) groups excluding carboxylic acids is 1. The molecule has 2 aromatic rings. The number of H-pyrrole nitrogens is 1. The van der Waals surface area contributed by atoms with E-state index in [1.807, 2.05) is 12.1 Å². The van der Waals surface area contributed by atoms with Crippen LogP contribution in [0.2, 0.25) is 0 Å². The highest BCUT2D eigenvalue weighted by molar-refractivity contribution is 5.78. The first kappa shape index (κ1) is 23.9. The Balaban J connectivity index is 1.39. The van der Waals surface area contributed by atoms with Crippen LogP contribution >= 0.6 is 0 Å². The number of nitrogens with zero attached hydrogens (tertiary/aromatic N) is 4. The third-order valence-corrected chi connectivity index (χ3v) is 4.83. The van der Waals surface area contributed by atoms with E-state index in [2.05, 4.69) is 10.1 Å². The van der Waals surface area contributed by atoms with E-state index in [1.165, 1.54) is 6.20 Å². The van der Waals surface area contributed by atoms with Gasteiger partial charge in [0.2, 0.25) is 5.91 Å². The Morgan fingerprint density at radius 2 is 2.06 bits per heavy atom. The summed E-state index contributed by atoms with van der Waals surface area (Å²) in [5.41, 5.74) is -0.591. The molecule has 2 aromatic heterocycles. The smallest absolute Gasteiger partial charge is 0.425 e. The molecule has 1 N–H and O–H groups in total. The molecule has 0 aromatic carbocycles. The molecular formula is C21H20F3N5O4. The summed E-state index contributed by atoms with van der Waals surface area (Å²) in [4.78, 5) is 29.6. The predicted molar refractivity (Wildman–Crippen MR) is 109 cm³/mol. The fraction of sp³-hybridized carbons (Fsp3) is 0.381. The number of aromatic amines is 1. The molecule has 174 valence electrons. The van der Waals surface area contributed by atoms with Gasteiger partial charge in [0.05, 0.1) is 37.1 Å². The lowest BCUT2D eigenvalue weighted by Crippen LogP contribution is -2.35. The highest BCUT2D eigenvalue weighted by atomic mass is 19.4. The van der Waals surface area contributed by atoms with Crippen molar-refractivity contribution in [3.8, 4) is 11.8 Å². The lowest BCUT2D eigenvalue weighted by molar-refractivity contribution is -0.140. The van der Waals surface area contributed by atoms with Crippen molar-refractivity contribution in [3.05, 3.63) is 57.8 Å². The molecule has 0 fully saturated rings. The van der Waals surface area contributed by atoms with E-state index < -0.39 is 23.0 Å². The van der Waals surface area contributed by atoms with E-state index in [4.69, 9.17) is 14.7 Å². The molecule has 0 atom stereocenters.